The first-order valence-electron chi connectivity index (χ1n) is 7.44. The number of carbonyl (C=O) groups excluding carboxylic acids is 1. The lowest BCUT2D eigenvalue weighted by Crippen LogP contribution is -2.40. The van der Waals surface area contributed by atoms with Crippen LogP contribution in [0.25, 0.3) is 0 Å². The smallest absolute Gasteiger partial charge is 0.248 e. The molecule has 1 unspecified atom stereocenters. The second-order valence-electron chi connectivity index (χ2n) is 5.37. The standard InChI is InChI=1S/C15H18BrN5OS.ClH/c16-12-3-1-2-11(6-12)8-21-10-18-15(20-21)19-14(22)7-13-9-23-5-4-17-13;/h1-3,6,10,13,17H,4-5,7-9H2,(H,19,20,22);1H. The maximum absolute atomic E-state index is 12.0. The summed E-state index contributed by atoms with van der Waals surface area (Å²) in [6, 6.07) is 8.25. The van der Waals surface area contributed by atoms with Crippen LogP contribution in [0.2, 0.25) is 0 Å². The highest BCUT2D eigenvalue weighted by molar-refractivity contribution is 9.10. The van der Waals surface area contributed by atoms with Crippen molar-refractivity contribution in [1.82, 2.24) is 20.1 Å². The predicted octanol–water partition coefficient (Wildman–Crippen LogP) is 2.54. The third kappa shape index (κ3) is 5.77. The molecule has 0 aliphatic carbocycles. The lowest BCUT2D eigenvalue weighted by molar-refractivity contribution is -0.116. The molecule has 1 atom stereocenters. The van der Waals surface area contributed by atoms with Crippen LogP contribution in [-0.4, -0.2) is 44.8 Å². The van der Waals surface area contributed by atoms with Crippen LogP contribution in [0.5, 0.6) is 0 Å². The Labute approximate surface area is 159 Å². The maximum atomic E-state index is 12.0. The van der Waals surface area contributed by atoms with Crippen molar-refractivity contribution in [2.75, 3.05) is 23.4 Å². The van der Waals surface area contributed by atoms with Crippen LogP contribution >= 0.6 is 40.1 Å². The molecule has 1 aromatic heterocycles. The van der Waals surface area contributed by atoms with Gasteiger partial charge in [0.05, 0.1) is 6.54 Å². The number of anilines is 1. The zero-order chi connectivity index (χ0) is 16.1. The lowest BCUT2D eigenvalue weighted by Gasteiger charge is -2.22. The molecular formula is C15H19BrClN5OS. The van der Waals surface area contributed by atoms with E-state index in [1.54, 1.807) is 11.0 Å². The van der Waals surface area contributed by atoms with Gasteiger partial charge in [0.25, 0.3) is 0 Å². The third-order valence-corrected chi connectivity index (χ3v) is 5.08. The zero-order valence-electron chi connectivity index (χ0n) is 12.9. The van der Waals surface area contributed by atoms with Crippen LogP contribution in [0.1, 0.15) is 12.0 Å². The molecule has 130 valence electrons. The summed E-state index contributed by atoms with van der Waals surface area (Å²) in [5.74, 6) is 2.39. The largest absolute Gasteiger partial charge is 0.312 e. The summed E-state index contributed by atoms with van der Waals surface area (Å²) in [7, 11) is 0. The number of hydrogen-bond acceptors (Lipinski definition) is 5. The number of halogens is 2. The van der Waals surface area contributed by atoms with Gasteiger partial charge in [-0.2, -0.15) is 11.8 Å². The normalized spacial score (nSPS) is 17.1. The average molecular weight is 433 g/mol. The third-order valence-electron chi connectivity index (χ3n) is 3.45. The molecule has 2 N–H and O–H groups in total. The minimum absolute atomic E-state index is 0. The first-order chi connectivity index (χ1) is 11.2. The van der Waals surface area contributed by atoms with E-state index in [0.717, 1.165) is 28.1 Å². The zero-order valence-corrected chi connectivity index (χ0v) is 16.2. The molecule has 9 heteroatoms. The van der Waals surface area contributed by atoms with Gasteiger partial charge in [0.1, 0.15) is 6.33 Å². The molecule has 0 bridgehead atoms. The Balaban J connectivity index is 0.00000208. The lowest BCUT2D eigenvalue weighted by atomic mass is 10.2. The number of nitrogens with one attached hydrogen (secondary N) is 2. The summed E-state index contributed by atoms with van der Waals surface area (Å²) in [4.78, 5) is 16.2. The highest BCUT2D eigenvalue weighted by Gasteiger charge is 2.17. The fourth-order valence-electron chi connectivity index (χ4n) is 2.40. The fourth-order valence-corrected chi connectivity index (χ4v) is 3.80. The number of thioether (sulfide) groups is 1. The molecule has 1 aliphatic heterocycles. The van der Waals surface area contributed by atoms with E-state index in [4.69, 9.17) is 0 Å². The van der Waals surface area contributed by atoms with Crippen molar-refractivity contribution in [3.63, 3.8) is 0 Å². The van der Waals surface area contributed by atoms with E-state index in [9.17, 15) is 4.79 Å². The molecule has 1 saturated heterocycles. The van der Waals surface area contributed by atoms with Crippen LogP contribution in [-0.2, 0) is 11.3 Å². The molecular weight excluding hydrogens is 414 g/mol. The topological polar surface area (TPSA) is 71.8 Å². The van der Waals surface area contributed by atoms with Crippen molar-refractivity contribution in [3.8, 4) is 0 Å². The molecule has 3 rings (SSSR count). The number of nitrogens with zero attached hydrogens (tertiary/aromatic N) is 3. The summed E-state index contributed by atoms with van der Waals surface area (Å²) < 4.78 is 2.74. The molecule has 2 aromatic rings. The van der Waals surface area contributed by atoms with E-state index in [-0.39, 0.29) is 24.4 Å². The quantitative estimate of drug-likeness (QED) is 0.760. The number of benzene rings is 1. The molecule has 1 aliphatic rings. The van der Waals surface area contributed by atoms with E-state index < -0.39 is 0 Å². The first kappa shape index (κ1) is 19.2. The van der Waals surface area contributed by atoms with Gasteiger partial charge < -0.3 is 5.32 Å². The summed E-state index contributed by atoms with van der Waals surface area (Å²) in [6.07, 6.45) is 2.08. The van der Waals surface area contributed by atoms with Crippen molar-refractivity contribution < 1.29 is 4.79 Å². The molecule has 1 aromatic carbocycles. The summed E-state index contributed by atoms with van der Waals surface area (Å²) in [5, 5.41) is 10.4. The van der Waals surface area contributed by atoms with Crippen LogP contribution in [0.15, 0.2) is 35.1 Å². The van der Waals surface area contributed by atoms with Crippen LogP contribution in [0, 0.1) is 0 Å². The maximum Gasteiger partial charge on any atom is 0.248 e. The van der Waals surface area contributed by atoms with Gasteiger partial charge in [0.2, 0.25) is 11.9 Å². The van der Waals surface area contributed by atoms with Gasteiger partial charge in [-0.1, -0.05) is 28.1 Å². The van der Waals surface area contributed by atoms with Gasteiger partial charge in [-0.25, -0.2) is 9.67 Å². The van der Waals surface area contributed by atoms with E-state index in [1.807, 2.05) is 36.0 Å². The molecule has 1 fully saturated rings. The highest BCUT2D eigenvalue weighted by atomic mass is 79.9. The Morgan fingerprint density at radius 3 is 3.12 bits per heavy atom. The molecule has 24 heavy (non-hydrogen) atoms. The second kappa shape index (κ2) is 9.41. The van der Waals surface area contributed by atoms with Gasteiger partial charge in [-0.3, -0.25) is 10.1 Å². The van der Waals surface area contributed by atoms with E-state index in [1.165, 1.54) is 0 Å². The Morgan fingerprint density at radius 1 is 1.50 bits per heavy atom. The molecule has 0 saturated carbocycles. The Kier molecular flexibility index (Phi) is 7.54. The van der Waals surface area contributed by atoms with E-state index in [2.05, 4.69) is 36.6 Å². The number of rotatable bonds is 5. The minimum atomic E-state index is -0.0507. The van der Waals surface area contributed by atoms with Crippen molar-refractivity contribution >= 4 is 52.0 Å². The monoisotopic (exact) mass is 431 g/mol. The SMILES string of the molecule is Cl.O=C(CC1CSCCN1)Nc1ncn(Cc2cccc(Br)c2)n1. The summed E-state index contributed by atoms with van der Waals surface area (Å²) in [5.41, 5.74) is 1.12. The van der Waals surface area contributed by atoms with Gasteiger partial charge in [-0.15, -0.1) is 17.5 Å². The van der Waals surface area contributed by atoms with Gasteiger partial charge >= 0.3 is 0 Å². The first-order valence-corrected chi connectivity index (χ1v) is 9.39. The Bertz CT molecular complexity index is 677. The van der Waals surface area contributed by atoms with Crippen LogP contribution in [0.3, 0.4) is 0 Å². The minimum Gasteiger partial charge on any atom is -0.312 e. The summed E-state index contributed by atoms with van der Waals surface area (Å²) >= 11 is 5.33. The highest BCUT2D eigenvalue weighted by Crippen LogP contribution is 2.13. The second-order valence-corrected chi connectivity index (χ2v) is 7.44. The van der Waals surface area contributed by atoms with Crippen molar-refractivity contribution in [1.29, 1.82) is 0 Å². The number of aromatic nitrogens is 3. The Morgan fingerprint density at radius 2 is 2.38 bits per heavy atom. The van der Waals surface area contributed by atoms with Crippen molar-refractivity contribution in [2.24, 2.45) is 0 Å². The van der Waals surface area contributed by atoms with E-state index >= 15 is 0 Å². The predicted molar refractivity (Wildman–Crippen MR) is 103 cm³/mol. The van der Waals surface area contributed by atoms with Crippen molar-refractivity contribution in [2.45, 2.75) is 19.0 Å². The molecule has 6 nitrogen and oxygen atoms in total. The molecule has 0 spiro atoms. The number of hydrogen-bond donors (Lipinski definition) is 2. The van der Waals surface area contributed by atoms with Gasteiger partial charge in [-0.05, 0) is 17.7 Å². The number of carbonyl (C=O) groups is 1. The molecule has 2 heterocycles. The fraction of sp³-hybridized carbons (Fsp3) is 0.400. The van der Waals surface area contributed by atoms with Crippen LogP contribution < -0.4 is 10.6 Å². The summed E-state index contributed by atoms with van der Waals surface area (Å²) in [6.45, 7) is 1.57. The molecule has 0 radical (unpaired) electrons. The van der Waals surface area contributed by atoms with Gasteiger partial charge in [0, 0.05) is 35.0 Å². The van der Waals surface area contributed by atoms with Crippen molar-refractivity contribution in [3.05, 3.63) is 40.6 Å². The Hall–Kier alpha value is -1.09. The van der Waals surface area contributed by atoms with E-state index in [0.29, 0.717) is 18.9 Å². The van der Waals surface area contributed by atoms with Crippen LogP contribution in [0.4, 0.5) is 5.95 Å². The number of amides is 1. The van der Waals surface area contributed by atoms with Gasteiger partial charge in [0.15, 0.2) is 0 Å². The average Bonchev–Trinajstić information content (AvgIpc) is 2.95. The molecule has 1 amide bonds.